The fourth-order valence-corrected chi connectivity index (χ4v) is 1.73. The van der Waals surface area contributed by atoms with E-state index in [2.05, 4.69) is 11.9 Å². The van der Waals surface area contributed by atoms with E-state index in [9.17, 15) is 4.79 Å². The van der Waals surface area contributed by atoms with Gasteiger partial charge in [0.2, 0.25) is 0 Å². The number of Topliss-reactive ketones (excluding diaryl/α,β-unsaturated/α-hetero) is 1. The molecule has 1 aromatic rings. The normalized spacial score (nSPS) is 14.9. The van der Waals surface area contributed by atoms with Crippen LogP contribution >= 0.6 is 0 Å². The van der Waals surface area contributed by atoms with Gasteiger partial charge in [-0.15, -0.1) is 0 Å². The van der Waals surface area contributed by atoms with Gasteiger partial charge < -0.3 is 0 Å². The number of fused-ring (bicyclic) bond motifs is 1. The largest absolute Gasteiger partial charge is 0.294 e. The van der Waals surface area contributed by atoms with E-state index in [0.29, 0.717) is 6.42 Å². The molecule has 2 nitrogen and oxygen atoms in total. The molecular formula is C12H13NO. The van der Waals surface area contributed by atoms with Gasteiger partial charge in [0.05, 0.1) is 5.69 Å². The second-order valence-electron chi connectivity index (χ2n) is 3.55. The molecule has 2 rings (SSSR count). The zero-order valence-corrected chi connectivity index (χ0v) is 8.29. The Kier molecular flexibility index (Phi) is 2.44. The van der Waals surface area contributed by atoms with Gasteiger partial charge in [0.15, 0.2) is 5.78 Å². The van der Waals surface area contributed by atoms with Crippen LogP contribution in [0.4, 0.5) is 5.69 Å². The first-order valence-corrected chi connectivity index (χ1v) is 5.00. The number of nitrogens with zero attached hydrogens (tertiary/aromatic N) is 1. The van der Waals surface area contributed by atoms with Crippen molar-refractivity contribution >= 4 is 17.2 Å². The average molecular weight is 187 g/mol. The van der Waals surface area contributed by atoms with Gasteiger partial charge in [0.1, 0.15) is 0 Å². The minimum atomic E-state index is 0.207. The summed E-state index contributed by atoms with van der Waals surface area (Å²) in [6, 6.07) is 7.56. The van der Waals surface area contributed by atoms with Crippen LogP contribution in [0, 0.1) is 0 Å². The molecule has 0 fully saturated rings. The lowest BCUT2D eigenvalue weighted by molar-refractivity contribution is 0.0999. The molecule has 0 bridgehead atoms. The topological polar surface area (TPSA) is 29.4 Å². The Hall–Kier alpha value is -1.44. The molecule has 14 heavy (non-hydrogen) atoms. The highest BCUT2D eigenvalue weighted by molar-refractivity contribution is 6.15. The number of hydrogen-bond acceptors (Lipinski definition) is 2. The van der Waals surface area contributed by atoms with Gasteiger partial charge in [-0.25, -0.2) is 0 Å². The lowest BCUT2D eigenvalue weighted by Gasteiger charge is -2.13. The van der Waals surface area contributed by atoms with Gasteiger partial charge in [0.25, 0.3) is 0 Å². The van der Waals surface area contributed by atoms with Gasteiger partial charge in [-0.3, -0.25) is 9.79 Å². The predicted octanol–water partition coefficient (Wildman–Crippen LogP) is 3.15. The summed E-state index contributed by atoms with van der Waals surface area (Å²) in [7, 11) is 0. The van der Waals surface area contributed by atoms with E-state index in [-0.39, 0.29) is 5.78 Å². The monoisotopic (exact) mass is 187 g/mol. The van der Waals surface area contributed by atoms with Crippen molar-refractivity contribution < 1.29 is 4.79 Å². The van der Waals surface area contributed by atoms with Crippen LogP contribution in [0.3, 0.4) is 0 Å². The molecule has 72 valence electrons. The Bertz CT molecular complexity index is 393. The molecule has 0 radical (unpaired) electrons. The van der Waals surface area contributed by atoms with Crippen LogP contribution < -0.4 is 0 Å². The molecule has 0 amide bonds. The zero-order valence-electron chi connectivity index (χ0n) is 8.29. The van der Waals surface area contributed by atoms with Crippen molar-refractivity contribution in [3.05, 3.63) is 29.8 Å². The minimum Gasteiger partial charge on any atom is -0.294 e. The summed E-state index contributed by atoms with van der Waals surface area (Å²) in [5, 5.41) is 0. The number of rotatable bonds is 2. The van der Waals surface area contributed by atoms with Gasteiger partial charge in [-0.1, -0.05) is 25.5 Å². The van der Waals surface area contributed by atoms with E-state index >= 15 is 0 Å². The first kappa shape index (κ1) is 9.13. The quantitative estimate of drug-likeness (QED) is 0.699. The van der Waals surface area contributed by atoms with Crippen LogP contribution in [0.5, 0.6) is 0 Å². The van der Waals surface area contributed by atoms with Crippen molar-refractivity contribution in [1.82, 2.24) is 0 Å². The zero-order chi connectivity index (χ0) is 9.97. The van der Waals surface area contributed by atoms with Crippen molar-refractivity contribution in [3.63, 3.8) is 0 Å². The van der Waals surface area contributed by atoms with E-state index in [4.69, 9.17) is 0 Å². The van der Waals surface area contributed by atoms with Crippen LogP contribution in [-0.2, 0) is 0 Å². The van der Waals surface area contributed by atoms with Gasteiger partial charge >= 0.3 is 0 Å². The Balaban J connectivity index is 2.40. The number of para-hydroxylation sites is 1. The number of carbonyl (C=O) groups is 1. The van der Waals surface area contributed by atoms with Crippen LogP contribution in [-0.4, -0.2) is 11.5 Å². The molecule has 1 aliphatic heterocycles. The number of benzene rings is 1. The highest BCUT2D eigenvalue weighted by Gasteiger charge is 2.18. The second-order valence-corrected chi connectivity index (χ2v) is 3.55. The lowest BCUT2D eigenvalue weighted by atomic mass is 9.98. The molecule has 0 saturated carbocycles. The van der Waals surface area contributed by atoms with E-state index in [1.165, 1.54) is 0 Å². The van der Waals surface area contributed by atoms with E-state index in [0.717, 1.165) is 29.8 Å². The summed E-state index contributed by atoms with van der Waals surface area (Å²) in [4.78, 5) is 16.2. The maximum atomic E-state index is 11.7. The van der Waals surface area contributed by atoms with Crippen molar-refractivity contribution in [2.45, 2.75) is 26.2 Å². The SMILES string of the molecule is CCCC1=Nc2ccccc2C(=O)C1. The third-order valence-electron chi connectivity index (χ3n) is 2.39. The summed E-state index contributed by atoms with van der Waals surface area (Å²) in [5.74, 6) is 0.207. The predicted molar refractivity (Wildman–Crippen MR) is 57.4 cm³/mol. The van der Waals surface area contributed by atoms with Crippen LogP contribution in [0.15, 0.2) is 29.3 Å². The van der Waals surface area contributed by atoms with Crippen molar-refractivity contribution in [2.75, 3.05) is 0 Å². The molecule has 0 N–H and O–H groups in total. The molecule has 0 atom stereocenters. The smallest absolute Gasteiger partial charge is 0.170 e. The molecule has 0 unspecified atom stereocenters. The van der Waals surface area contributed by atoms with Crippen LogP contribution in [0.25, 0.3) is 0 Å². The Morgan fingerprint density at radius 3 is 2.93 bits per heavy atom. The Morgan fingerprint density at radius 1 is 1.36 bits per heavy atom. The van der Waals surface area contributed by atoms with Gasteiger partial charge in [0, 0.05) is 17.7 Å². The van der Waals surface area contributed by atoms with Gasteiger partial charge in [-0.2, -0.15) is 0 Å². The van der Waals surface area contributed by atoms with E-state index in [1.807, 2.05) is 24.3 Å². The Morgan fingerprint density at radius 2 is 2.14 bits per heavy atom. The number of aliphatic imine (C=N–C) groups is 1. The molecule has 1 heterocycles. The number of carbonyl (C=O) groups excluding carboxylic acids is 1. The summed E-state index contributed by atoms with van der Waals surface area (Å²) in [6.07, 6.45) is 2.49. The lowest BCUT2D eigenvalue weighted by Crippen LogP contribution is -2.12. The van der Waals surface area contributed by atoms with E-state index in [1.54, 1.807) is 0 Å². The first-order chi connectivity index (χ1) is 6.81. The summed E-state index contributed by atoms with van der Waals surface area (Å²) in [5.41, 5.74) is 2.63. The summed E-state index contributed by atoms with van der Waals surface area (Å²) in [6.45, 7) is 2.10. The molecular weight excluding hydrogens is 174 g/mol. The molecule has 0 aliphatic carbocycles. The highest BCUT2D eigenvalue weighted by atomic mass is 16.1. The molecule has 1 aromatic carbocycles. The maximum absolute atomic E-state index is 11.7. The molecule has 0 saturated heterocycles. The third kappa shape index (κ3) is 1.60. The fraction of sp³-hybridized carbons (Fsp3) is 0.333. The van der Waals surface area contributed by atoms with E-state index < -0.39 is 0 Å². The summed E-state index contributed by atoms with van der Waals surface area (Å²) >= 11 is 0. The van der Waals surface area contributed by atoms with Crippen LogP contribution in [0.2, 0.25) is 0 Å². The average Bonchev–Trinajstić information content (AvgIpc) is 2.18. The number of hydrogen-bond donors (Lipinski definition) is 0. The molecule has 1 aliphatic rings. The molecule has 0 spiro atoms. The maximum Gasteiger partial charge on any atom is 0.170 e. The number of ketones is 1. The minimum absolute atomic E-state index is 0.207. The van der Waals surface area contributed by atoms with Crippen molar-refractivity contribution in [2.24, 2.45) is 4.99 Å². The van der Waals surface area contributed by atoms with Crippen molar-refractivity contribution in [1.29, 1.82) is 0 Å². The molecule has 2 heteroatoms. The highest BCUT2D eigenvalue weighted by Crippen LogP contribution is 2.26. The first-order valence-electron chi connectivity index (χ1n) is 5.00. The third-order valence-corrected chi connectivity index (χ3v) is 2.39. The van der Waals surface area contributed by atoms with Crippen LogP contribution in [0.1, 0.15) is 36.5 Å². The second kappa shape index (κ2) is 3.74. The Labute approximate surface area is 83.7 Å². The van der Waals surface area contributed by atoms with Crippen molar-refractivity contribution in [3.8, 4) is 0 Å². The molecule has 0 aromatic heterocycles. The summed E-state index contributed by atoms with van der Waals surface area (Å²) < 4.78 is 0. The standard InChI is InChI=1S/C12H13NO/c1-2-5-9-8-12(14)10-6-3-4-7-11(10)13-9/h3-4,6-7H,2,5,8H2,1H3. The fourth-order valence-electron chi connectivity index (χ4n) is 1.73. The van der Waals surface area contributed by atoms with Gasteiger partial charge in [-0.05, 0) is 18.6 Å².